The summed E-state index contributed by atoms with van der Waals surface area (Å²) in [7, 11) is -3.62. The highest BCUT2D eigenvalue weighted by atomic mass is 79.9. The summed E-state index contributed by atoms with van der Waals surface area (Å²) in [4.78, 5) is 0.0737. The van der Waals surface area contributed by atoms with Crippen LogP contribution in [-0.2, 0) is 10.0 Å². The molecule has 1 aromatic rings. The smallest absolute Gasteiger partial charge is 0.207 e. The van der Waals surface area contributed by atoms with E-state index in [1.54, 1.807) is 0 Å². The minimum absolute atomic E-state index is 0.0737. The predicted octanol–water partition coefficient (Wildman–Crippen LogP) is 5.35. The molecule has 0 fully saturated rings. The number of hydrogen-bond donors (Lipinski definition) is 0. The monoisotopic (exact) mass is 415 g/mol. The summed E-state index contributed by atoms with van der Waals surface area (Å²) in [5.41, 5.74) is 0. The Hall–Kier alpha value is 0.190. The Balaban J connectivity index is 3.18. The van der Waals surface area contributed by atoms with Crippen molar-refractivity contribution in [1.29, 1.82) is 0 Å². The highest BCUT2D eigenvalue weighted by Crippen LogP contribution is 2.33. The summed E-state index contributed by atoms with van der Waals surface area (Å²) in [6.07, 6.45) is 3.52. The van der Waals surface area contributed by atoms with E-state index in [0.717, 1.165) is 25.7 Å². The number of halogens is 3. The molecule has 0 heterocycles. The molecule has 0 aromatic heterocycles. The zero-order valence-electron chi connectivity index (χ0n) is 12.2. The second-order valence-electron chi connectivity index (χ2n) is 4.81. The summed E-state index contributed by atoms with van der Waals surface area (Å²) in [5, 5.41) is 0.521. The molecule has 0 atom stereocenters. The summed E-state index contributed by atoms with van der Waals surface area (Å²) < 4.78 is 27.7. The fraction of sp³-hybridized carbons (Fsp3) is 0.571. The van der Waals surface area contributed by atoms with Gasteiger partial charge in [-0.3, -0.25) is 0 Å². The van der Waals surface area contributed by atoms with Crippen LogP contribution in [0.15, 0.2) is 21.5 Å². The first kappa shape index (κ1) is 19.2. The number of unbranched alkanes of at least 4 members (excludes halogenated alkanes) is 2. The van der Waals surface area contributed by atoms with Crippen molar-refractivity contribution in [3.05, 3.63) is 26.7 Å². The van der Waals surface area contributed by atoms with E-state index < -0.39 is 10.0 Å². The van der Waals surface area contributed by atoms with Crippen molar-refractivity contribution in [1.82, 2.24) is 4.31 Å². The molecule has 0 bridgehead atoms. The van der Waals surface area contributed by atoms with E-state index in [1.807, 2.05) is 13.8 Å². The zero-order chi connectivity index (χ0) is 16.0. The molecule has 0 spiro atoms. The number of rotatable bonds is 8. The topological polar surface area (TPSA) is 37.4 Å². The molecule has 0 saturated carbocycles. The van der Waals surface area contributed by atoms with Crippen molar-refractivity contribution in [2.45, 2.75) is 44.4 Å². The third kappa shape index (κ3) is 5.10. The van der Waals surface area contributed by atoms with Gasteiger partial charge in [0, 0.05) is 17.6 Å². The van der Waals surface area contributed by atoms with E-state index in [2.05, 4.69) is 15.9 Å². The molecule has 0 saturated heterocycles. The second kappa shape index (κ2) is 8.73. The highest BCUT2D eigenvalue weighted by molar-refractivity contribution is 9.10. The maximum Gasteiger partial charge on any atom is 0.244 e. The van der Waals surface area contributed by atoms with E-state index in [-0.39, 0.29) is 9.92 Å². The van der Waals surface area contributed by atoms with Crippen LogP contribution in [-0.4, -0.2) is 25.8 Å². The fourth-order valence-corrected chi connectivity index (χ4v) is 4.61. The Kier molecular flexibility index (Phi) is 7.99. The van der Waals surface area contributed by atoms with Gasteiger partial charge in [0.05, 0.1) is 10.0 Å². The van der Waals surface area contributed by atoms with Gasteiger partial charge in [-0.1, -0.05) is 49.9 Å². The Morgan fingerprint density at radius 1 is 1.05 bits per heavy atom. The Labute approximate surface area is 145 Å². The van der Waals surface area contributed by atoms with Gasteiger partial charge in [0.25, 0.3) is 0 Å². The van der Waals surface area contributed by atoms with Gasteiger partial charge in [-0.15, -0.1) is 0 Å². The molecule has 21 heavy (non-hydrogen) atoms. The van der Waals surface area contributed by atoms with Crippen LogP contribution in [0.2, 0.25) is 10.0 Å². The van der Waals surface area contributed by atoms with Crippen molar-refractivity contribution in [3.63, 3.8) is 0 Å². The molecule has 0 aliphatic carbocycles. The second-order valence-corrected chi connectivity index (χ2v) is 8.38. The third-order valence-corrected chi connectivity index (χ3v) is 6.68. The molecule has 0 radical (unpaired) electrons. The van der Waals surface area contributed by atoms with E-state index >= 15 is 0 Å². The van der Waals surface area contributed by atoms with Crippen LogP contribution in [0.4, 0.5) is 0 Å². The van der Waals surface area contributed by atoms with Gasteiger partial charge in [0.15, 0.2) is 0 Å². The molecule has 0 aliphatic rings. The van der Waals surface area contributed by atoms with E-state index in [0.29, 0.717) is 22.6 Å². The maximum atomic E-state index is 12.8. The average Bonchev–Trinajstić information content (AvgIpc) is 2.42. The molecule has 0 aliphatic heterocycles. The summed E-state index contributed by atoms with van der Waals surface area (Å²) in [5.74, 6) is 0. The molecule has 120 valence electrons. The predicted molar refractivity (Wildman–Crippen MR) is 92.7 cm³/mol. The SMILES string of the molecule is CCCCN(CCCC)S(=O)(=O)c1cc(Cl)c(Br)cc1Cl. The Morgan fingerprint density at radius 2 is 1.57 bits per heavy atom. The van der Waals surface area contributed by atoms with Gasteiger partial charge in [-0.2, -0.15) is 4.31 Å². The molecule has 7 heteroatoms. The van der Waals surface area contributed by atoms with Crippen LogP contribution in [0.5, 0.6) is 0 Å². The highest BCUT2D eigenvalue weighted by Gasteiger charge is 2.26. The van der Waals surface area contributed by atoms with E-state index in [1.165, 1.54) is 16.4 Å². The molecular formula is C14H20BrCl2NO2S. The fourth-order valence-electron chi connectivity index (χ4n) is 1.86. The van der Waals surface area contributed by atoms with Gasteiger partial charge < -0.3 is 0 Å². The number of sulfonamides is 1. The summed E-state index contributed by atoms with van der Waals surface area (Å²) in [6, 6.07) is 2.93. The Morgan fingerprint density at radius 3 is 2.05 bits per heavy atom. The van der Waals surface area contributed by atoms with Crippen LogP contribution in [0.3, 0.4) is 0 Å². The maximum absolute atomic E-state index is 12.8. The van der Waals surface area contributed by atoms with Crippen LogP contribution in [0.1, 0.15) is 39.5 Å². The lowest BCUT2D eigenvalue weighted by atomic mass is 10.3. The zero-order valence-corrected chi connectivity index (χ0v) is 16.1. The molecule has 0 unspecified atom stereocenters. The summed E-state index contributed by atoms with van der Waals surface area (Å²) >= 11 is 15.4. The molecule has 1 aromatic carbocycles. The van der Waals surface area contributed by atoms with E-state index in [9.17, 15) is 8.42 Å². The molecule has 0 amide bonds. The molecule has 1 rings (SSSR count). The van der Waals surface area contributed by atoms with Gasteiger partial charge >= 0.3 is 0 Å². The number of hydrogen-bond acceptors (Lipinski definition) is 2. The van der Waals surface area contributed by atoms with Crippen LogP contribution < -0.4 is 0 Å². The van der Waals surface area contributed by atoms with Crippen LogP contribution in [0, 0.1) is 0 Å². The average molecular weight is 417 g/mol. The summed E-state index contributed by atoms with van der Waals surface area (Å²) in [6.45, 7) is 5.08. The lowest BCUT2D eigenvalue weighted by Gasteiger charge is -2.22. The first-order valence-corrected chi connectivity index (χ1v) is 9.98. The quantitative estimate of drug-likeness (QED) is 0.535. The van der Waals surface area contributed by atoms with Gasteiger partial charge in [0.2, 0.25) is 10.0 Å². The van der Waals surface area contributed by atoms with Crippen LogP contribution in [0.25, 0.3) is 0 Å². The number of nitrogens with zero attached hydrogens (tertiary/aromatic N) is 1. The first-order chi connectivity index (χ1) is 9.84. The molecule has 0 N–H and O–H groups in total. The Bertz CT molecular complexity index is 571. The van der Waals surface area contributed by atoms with Crippen LogP contribution >= 0.6 is 39.1 Å². The van der Waals surface area contributed by atoms with Crippen molar-refractivity contribution >= 4 is 49.2 Å². The molecular weight excluding hydrogens is 397 g/mol. The van der Waals surface area contributed by atoms with E-state index in [4.69, 9.17) is 23.2 Å². The van der Waals surface area contributed by atoms with Crippen molar-refractivity contribution in [3.8, 4) is 0 Å². The normalized spacial score (nSPS) is 12.1. The van der Waals surface area contributed by atoms with Gasteiger partial charge in [-0.05, 0) is 40.9 Å². The third-order valence-electron chi connectivity index (χ3n) is 3.11. The van der Waals surface area contributed by atoms with Gasteiger partial charge in [-0.25, -0.2) is 8.42 Å². The lowest BCUT2D eigenvalue weighted by molar-refractivity contribution is 0.395. The van der Waals surface area contributed by atoms with Crippen molar-refractivity contribution in [2.75, 3.05) is 13.1 Å². The first-order valence-electron chi connectivity index (χ1n) is 6.99. The minimum atomic E-state index is -3.62. The minimum Gasteiger partial charge on any atom is -0.207 e. The standard InChI is InChI=1S/C14H20BrCl2NO2S/c1-3-5-7-18(8-6-4-2)21(19,20)14-10-12(16)11(15)9-13(14)17/h9-10H,3-8H2,1-2H3. The largest absolute Gasteiger partial charge is 0.244 e. The lowest BCUT2D eigenvalue weighted by Crippen LogP contribution is -2.33. The molecule has 3 nitrogen and oxygen atoms in total. The van der Waals surface area contributed by atoms with Gasteiger partial charge in [0.1, 0.15) is 4.90 Å². The number of benzene rings is 1. The van der Waals surface area contributed by atoms with Crippen molar-refractivity contribution in [2.24, 2.45) is 0 Å². The van der Waals surface area contributed by atoms with Crippen molar-refractivity contribution < 1.29 is 8.42 Å².